The van der Waals surface area contributed by atoms with Gasteiger partial charge in [0.25, 0.3) is 0 Å². The van der Waals surface area contributed by atoms with Gasteiger partial charge in [-0.05, 0) is 26.7 Å². The Morgan fingerprint density at radius 2 is 2.19 bits per heavy atom. The molecule has 0 radical (unpaired) electrons. The fraction of sp³-hybridized carbons (Fsp3) is 0.909. The predicted octanol–water partition coefficient (Wildman–Crippen LogP) is 0.485. The molecule has 0 bridgehead atoms. The van der Waals surface area contributed by atoms with Gasteiger partial charge in [0.2, 0.25) is 5.91 Å². The summed E-state index contributed by atoms with van der Waals surface area (Å²) in [5.41, 5.74) is 4.77. The van der Waals surface area contributed by atoms with Crippen LogP contribution in [0.5, 0.6) is 0 Å². The van der Waals surface area contributed by atoms with Crippen molar-refractivity contribution in [1.29, 1.82) is 0 Å². The third-order valence-electron chi connectivity index (χ3n) is 2.96. The average molecular weight is 246 g/mol. The van der Waals surface area contributed by atoms with Crippen molar-refractivity contribution in [2.24, 2.45) is 5.73 Å². The van der Waals surface area contributed by atoms with Crippen LogP contribution in [0.1, 0.15) is 33.6 Å². The van der Waals surface area contributed by atoms with E-state index in [1.54, 1.807) is 18.7 Å². The second kappa shape index (κ2) is 5.38. The Bertz CT molecular complexity index is 256. The van der Waals surface area contributed by atoms with Gasteiger partial charge in [0.15, 0.2) is 0 Å². The number of rotatable bonds is 7. The number of nitrogens with two attached hydrogens (primary N) is 1. The summed E-state index contributed by atoms with van der Waals surface area (Å²) in [5, 5.41) is 12.8. The maximum Gasteiger partial charge on any atom is 0.238 e. The summed E-state index contributed by atoms with van der Waals surface area (Å²) in [6.07, 6.45) is 1.88. The number of hydrogen-bond acceptors (Lipinski definition) is 4. The highest BCUT2D eigenvalue weighted by atomic mass is 32.2. The van der Waals surface area contributed by atoms with Gasteiger partial charge in [-0.25, -0.2) is 0 Å². The average Bonchev–Trinajstić information content (AvgIpc) is 2.97. The van der Waals surface area contributed by atoms with Crippen LogP contribution in [0.3, 0.4) is 0 Å². The number of thioether (sulfide) groups is 1. The highest BCUT2D eigenvalue weighted by Gasteiger charge is 2.37. The summed E-state index contributed by atoms with van der Waals surface area (Å²) >= 11 is 1.58. The van der Waals surface area contributed by atoms with Gasteiger partial charge in [0, 0.05) is 17.0 Å². The fourth-order valence-electron chi connectivity index (χ4n) is 1.30. The lowest BCUT2D eigenvalue weighted by Gasteiger charge is -2.29. The van der Waals surface area contributed by atoms with E-state index in [4.69, 9.17) is 5.73 Å². The minimum Gasteiger partial charge on any atom is -0.392 e. The lowest BCUT2D eigenvalue weighted by atomic mass is 10.1. The van der Waals surface area contributed by atoms with Crippen molar-refractivity contribution in [1.82, 2.24) is 5.32 Å². The van der Waals surface area contributed by atoms with Gasteiger partial charge in [0.1, 0.15) is 5.54 Å². The van der Waals surface area contributed by atoms with Crippen LogP contribution in [0.4, 0.5) is 0 Å². The van der Waals surface area contributed by atoms with Crippen molar-refractivity contribution in [2.75, 3.05) is 5.75 Å². The van der Waals surface area contributed by atoms with Crippen molar-refractivity contribution < 1.29 is 9.90 Å². The fourth-order valence-corrected chi connectivity index (χ4v) is 2.40. The molecular weight excluding hydrogens is 224 g/mol. The lowest BCUT2D eigenvalue weighted by Crippen LogP contribution is -2.56. The van der Waals surface area contributed by atoms with Crippen molar-refractivity contribution in [2.45, 2.75) is 56.5 Å². The number of amides is 1. The zero-order chi connectivity index (χ0) is 12.3. The first-order valence-corrected chi connectivity index (χ1v) is 6.77. The molecule has 0 heterocycles. The standard InChI is InChI=1S/C11H22N2O2S/c1-7(14)8(2)16-6-11(3,10(12)15)13-9-4-5-9/h7-9,13-14H,4-6H2,1-3H3,(H2,12,15). The van der Waals surface area contributed by atoms with Gasteiger partial charge in [0.05, 0.1) is 6.10 Å². The molecule has 3 atom stereocenters. The largest absolute Gasteiger partial charge is 0.392 e. The first-order chi connectivity index (χ1) is 7.35. The third kappa shape index (κ3) is 3.96. The summed E-state index contributed by atoms with van der Waals surface area (Å²) in [7, 11) is 0. The Kier molecular flexibility index (Phi) is 4.64. The number of carbonyl (C=O) groups excluding carboxylic acids is 1. The van der Waals surface area contributed by atoms with Crippen LogP contribution >= 0.6 is 11.8 Å². The summed E-state index contributed by atoms with van der Waals surface area (Å²) in [6, 6.07) is 0.444. The molecule has 0 aromatic heterocycles. The molecule has 0 aromatic carbocycles. The number of aliphatic hydroxyl groups excluding tert-OH is 1. The van der Waals surface area contributed by atoms with Crippen LogP contribution in [0.2, 0.25) is 0 Å². The topological polar surface area (TPSA) is 75.3 Å². The molecule has 4 N–H and O–H groups in total. The monoisotopic (exact) mass is 246 g/mol. The molecule has 1 aliphatic carbocycles. The van der Waals surface area contributed by atoms with Gasteiger partial charge in [-0.2, -0.15) is 11.8 Å². The van der Waals surface area contributed by atoms with E-state index in [2.05, 4.69) is 5.32 Å². The maximum atomic E-state index is 11.5. The number of aliphatic hydroxyl groups is 1. The highest BCUT2D eigenvalue weighted by Crippen LogP contribution is 2.26. The molecule has 0 aromatic rings. The molecule has 1 rings (SSSR count). The van der Waals surface area contributed by atoms with Crippen molar-refractivity contribution in [3.05, 3.63) is 0 Å². The van der Waals surface area contributed by atoms with Gasteiger partial charge in [-0.1, -0.05) is 6.92 Å². The van der Waals surface area contributed by atoms with E-state index in [0.29, 0.717) is 11.8 Å². The second-order valence-corrected chi connectivity index (χ2v) is 6.24. The second-order valence-electron chi connectivity index (χ2n) is 4.87. The zero-order valence-corrected chi connectivity index (χ0v) is 11.0. The van der Waals surface area contributed by atoms with Gasteiger partial charge in [-0.3, -0.25) is 4.79 Å². The van der Waals surface area contributed by atoms with Gasteiger partial charge >= 0.3 is 0 Å². The molecule has 1 aliphatic rings. The van der Waals surface area contributed by atoms with Crippen LogP contribution < -0.4 is 11.1 Å². The van der Waals surface area contributed by atoms with Gasteiger partial charge in [-0.15, -0.1) is 0 Å². The zero-order valence-electron chi connectivity index (χ0n) is 10.2. The van der Waals surface area contributed by atoms with Crippen LogP contribution in [0.25, 0.3) is 0 Å². The number of primary amides is 1. The Hall–Kier alpha value is -0.260. The van der Waals surface area contributed by atoms with Crippen LogP contribution in [-0.2, 0) is 4.79 Å². The quantitative estimate of drug-likeness (QED) is 0.611. The van der Waals surface area contributed by atoms with E-state index in [-0.39, 0.29) is 17.3 Å². The lowest BCUT2D eigenvalue weighted by molar-refractivity contribution is -0.123. The summed E-state index contributed by atoms with van der Waals surface area (Å²) in [6.45, 7) is 5.55. The molecule has 1 saturated carbocycles. The van der Waals surface area contributed by atoms with Crippen molar-refractivity contribution in [3.8, 4) is 0 Å². The Balaban J connectivity index is 2.46. The maximum absolute atomic E-state index is 11.5. The Morgan fingerprint density at radius 1 is 1.62 bits per heavy atom. The third-order valence-corrected chi connectivity index (χ3v) is 4.62. The summed E-state index contributed by atoms with van der Waals surface area (Å²) < 4.78 is 0. The van der Waals surface area contributed by atoms with E-state index < -0.39 is 5.54 Å². The van der Waals surface area contributed by atoms with E-state index in [9.17, 15) is 9.90 Å². The van der Waals surface area contributed by atoms with E-state index in [1.165, 1.54) is 0 Å². The number of carbonyl (C=O) groups is 1. The minimum absolute atomic E-state index is 0.111. The van der Waals surface area contributed by atoms with E-state index >= 15 is 0 Å². The summed E-state index contributed by atoms with van der Waals surface area (Å²) in [4.78, 5) is 11.5. The van der Waals surface area contributed by atoms with Crippen molar-refractivity contribution in [3.63, 3.8) is 0 Å². The summed E-state index contributed by atoms with van der Waals surface area (Å²) in [5.74, 6) is 0.287. The van der Waals surface area contributed by atoms with Crippen LogP contribution in [-0.4, -0.2) is 39.7 Å². The van der Waals surface area contributed by atoms with Crippen LogP contribution in [0.15, 0.2) is 0 Å². The smallest absolute Gasteiger partial charge is 0.238 e. The molecule has 5 heteroatoms. The van der Waals surface area contributed by atoms with Crippen molar-refractivity contribution >= 4 is 17.7 Å². The number of hydrogen-bond donors (Lipinski definition) is 3. The molecule has 94 valence electrons. The first kappa shape index (κ1) is 13.8. The molecule has 0 aliphatic heterocycles. The SMILES string of the molecule is CC(O)C(C)SCC(C)(NC1CC1)C(N)=O. The molecule has 0 saturated heterocycles. The molecule has 16 heavy (non-hydrogen) atoms. The first-order valence-electron chi connectivity index (χ1n) is 5.72. The molecular formula is C11H22N2O2S. The molecule has 3 unspecified atom stereocenters. The molecule has 0 spiro atoms. The highest BCUT2D eigenvalue weighted by molar-refractivity contribution is 8.00. The minimum atomic E-state index is -0.658. The Morgan fingerprint density at radius 3 is 2.56 bits per heavy atom. The Labute approximate surface area is 101 Å². The normalized spacial score (nSPS) is 23.5. The van der Waals surface area contributed by atoms with E-state index in [1.807, 2.05) is 13.8 Å². The van der Waals surface area contributed by atoms with Crippen LogP contribution in [0, 0.1) is 0 Å². The van der Waals surface area contributed by atoms with Gasteiger partial charge < -0.3 is 16.2 Å². The molecule has 1 fully saturated rings. The number of nitrogens with one attached hydrogen (secondary N) is 1. The molecule has 1 amide bonds. The van der Waals surface area contributed by atoms with E-state index in [0.717, 1.165) is 12.8 Å². The molecule has 4 nitrogen and oxygen atoms in total. The predicted molar refractivity (Wildman–Crippen MR) is 67.4 cm³/mol.